The molecular formula is C30H31NO6. The third-order valence-corrected chi connectivity index (χ3v) is 6.79. The van der Waals surface area contributed by atoms with E-state index in [1.165, 1.54) is 5.56 Å². The lowest BCUT2D eigenvalue weighted by atomic mass is 9.98. The van der Waals surface area contributed by atoms with Crippen LogP contribution < -0.4 is 23.7 Å². The molecule has 2 aliphatic heterocycles. The number of hydrogen-bond donors (Lipinski definition) is 0. The molecule has 0 bridgehead atoms. The Bertz CT molecular complexity index is 1350. The Morgan fingerprint density at radius 2 is 1.78 bits per heavy atom. The molecule has 3 aromatic rings. The number of ether oxygens (including phenoxy) is 5. The number of fused-ring (bicyclic) bond motifs is 3. The van der Waals surface area contributed by atoms with Crippen LogP contribution in [0.2, 0.25) is 0 Å². The van der Waals surface area contributed by atoms with Gasteiger partial charge in [-0.3, -0.25) is 9.69 Å². The van der Waals surface area contributed by atoms with E-state index < -0.39 is 0 Å². The highest BCUT2D eigenvalue weighted by Gasteiger charge is 2.35. The monoisotopic (exact) mass is 501 g/mol. The molecule has 0 atom stereocenters. The summed E-state index contributed by atoms with van der Waals surface area (Å²) in [5.74, 6) is 2.89. The maximum Gasteiger partial charge on any atom is 0.232 e. The molecule has 0 fully saturated rings. The molecule has 0 saturated carbocycles. The van der Waals surface area contributed by atoms with E-state index in [0.717, 1.165) is 36.3 Å². The second kappa shape index (κ2) is 10.6. The molecule has 0 radical (unpaired) electrons. The molecule has 3 aromatic carbocycles. The van der Waals surface area contributed by atoms with Gasteiger partial charge >= 0.3 is 0 Å². The van der Waals surface area contributed by atoms with Crippen molar-refractivity contribution in [3.8, 4) is 28.7 Å². The number of carbonyl (C=O) groups excluding carboxylic acids is 1. The zero-order valence-corrected chi connectivity index (χ0v) is 21.6. The van der Waals surface area contributed by atoms with Crippen molar-refractivity contribution < 1.29 is 28.5 Å². The summed E-state index contributed by atoms with van der Waals surface area (Å²) >= 11 is 0. The Morgan fingerprint density at radius 3 is 2.51 bits per heavy atom. The average Bonchev–Trinajstić information content (AvgIpc) is 3.25. The van der Waals surface area contributed by atoms with Gasteiger partial charge in [-0.15, -0.1) is 0 Å². The van der Waals surface area contributed by atoms with E-state index in [-0.39, 0.29) is 11.5 Å². The maximum atomic E-state index is 13.5. The fraction of sp³-hybridized carbons (Fsp3) is 0.300. The Morgan fingerprint density at radius 1 is 1.00 bits per heavy atom. The average molecular weight is 502 g/mol. The summed E-state index contributed by atoms with van der Waals surface area (Å²) in [6.45, 7) is 3.97. The third-order valence-electron chi connectivity index (χ3n) is 6.79. The normalized spacial score (nSPS) is 15.6. The first kappa shape index (κ1) is 24.7. The Hall–Kier alpha value is -3.97. The highest BCUT2D eigenvalue weighted by molar-refractivity contribution is 6.16. The van der Waals surface area contributed by atoms with Crippen LogP contribution in [0, 0.1) is 6.92 Å². The van der Waals surface area contributed by atoms with Gasteiger partial charge in [0.25, 0.3) is 0 Å². The fourth-order valence-corrected chi connectivity index (χ4v) is 4.95. The van der Waals surface area contributed by atoms with Crippen molar-refractivity contribution in [2.75, 3.05) is 34.6 Å². The molecule has 0 aromatic heterocycles. The molecule has 37 heavy (non-hydrogen) atoms. The van der Waals surface area contributed by atoms with Gasteiger partial charge in [-0.1, -0.05) is 30.3 Å². The first-order chi connectivity index (χ1) is 18.0. The van der Waals surface area contributed by atoms with Crippen LogP contribution in [-0.2, 0) is 13.0 Å². The zero-order valence-electron chi connectivity index (χ0n) is 21.6. The summed E-state index contributed by atoms with van der Waals surface area (Å²) in [6.07, 6.45) is 3.71. The number of aryl methyl sites for hydroxylation is 2. The number of carbonyl (C=O) groups is 1. The summed E-state index contributed by atoms with van der Waals surface area (Å²) in [4.78, 5) is 15.7. The Balaban J connectivity index is 1.40. The SMILES string of the molecule is COc1ccc(/C=C2\Oc3c4c(cc(C)c3C2=O)OCN(CCCc2ccccc2)C4)c(OC)c1OC. The van der Waals surface area contributed by atoms with Crippen LogP contribution in [0.3, 0.4) is 0 Å². The smallest absolute Gasteiger partial charge is 0.232 e. The van der Waals surface area contributed by atoms with Crippen molar-refractivity contribution in [3.63, 3.8) is 0 Å². The predicted octanol–water partition coefficient (Wildman–Crippen LogP) is 5.42. The Labute approximate surface area is 217 Å². The van der Waals surface area contributed by atoms with Gasteiger partial charge in [0.05, 0.1) is 32.5 Å². The number of Topliss-reactive ketones (excluding diaryl/α,β-unsaturated/α-hetero) is 1. The molecule has 2 heterocycles. The van der Waals surface area contributed by atoms with E-state index in [0.29, 0.717) is 47.4 Å². The van der Waals surface area contributed by atoms with Crippen LogP contribution in [0.1, 0.15) is 39.0 Å². The van der Waals surface area contributed by atoms with Crippen molar-refractivity contribution in [2.45, 2.75) is 26.3 Å². The van der Waals surface area contributed by atoms with Gasteiger partial charge < -0.3 is 23.7 Å². The van der Waals surface area contributed by atoms with Crippen LogP contribution in [-0.4, -0.2) is 45.3 Å². The zero-order chi connectivity index (χ0) is 25.9. The van der Waals surface area contributed by atoms with Crippen molar-refractivity contribution in [1.29, 1.82) is 0 Å². The molecule has 7 nitrogen and oxygen atoms in total. The lowest BCUT2D eigenvalue weighted by molar-refractivity contribution is 0.0928. The maximum absolute atomic E-state index is 13.5. The minimum Gasteiger partial charge on any atom is -0.493 e. The van der Waals surface area contributed by atoms with Gasteiger partial charge in [0.1, 0.15) is 18.2 Å². The first-order valence-electron chi connectivity index (χ1n) is 12.3. The first-order valence-corrected chi connectivity index (χ1v) is 12.3. The van der Waals surface area contributed by atoms with Crippen LogP contribution >= 0.6 is 0 Å². The number of nitrogens with zero attached hydrogens (tertiary/aromatic N) is 1. The van der Waals surface area contributed by atoms with Crippen LogP contribution in [0.15, 0.2) is 54.3 Å². The van der Waals surface area contributed by atoms with Gasteiger partial charge in [0.15, 0.2) is 17.3 Å². The molecule has 192 valence electrons. The van der Waals surface area contributed by atoms with Gasteiger partial charge in [0.2, 0.25) is 11.5 Å². The largest absolute Gasteiger partial charge is 0.493 e. The number of hydrogen-bond acceptors (Lipinski definition) is 7. The number of rotatable bonds is 8. The number of benzene rings is 3. The fourth-order valence-electron chi connectivity index (χ4n) is 4.95. The lowest BCUT2D eigenvalue weighted by Gasteiger charge is -2.30. The topological polar surface area (TPSA) is 66.5 Å². The highest BCUT2D eigenvalue weighted by atomic mass is 16.5. The second-order valence-electron chi connectivity index (χ2n) is 9.15. The minimum atomic E-state index is -0.159. The molecular weight excluding hydrogens is 470 g/mol. The standard InChI is InChI=1S/C30H31NO6/c1-19-15-24-22(17-31(18-36-24)14-8-11-20-9-6-5-7-10-20)29-26(19)27(32)25(37-29)16-21-12-13-23(33-2)30(35-4)28(21)34-3/h5-7,9-10,12-13,15-16H,8,11,14,17-18H2,1-4H3/b25-16-. The quantitative estimate of drug-likeness (QED) is 0.382. The van der Waals surface area contributed by atoms with Gasteiger partial charge in [-0.25, -0.2) is 0 Å². The molecule has 0 aliphatic carbocycles. The minimum absolute atomic E-state index is 0.159. The molecule has 0 unspecified atom stereocenters. The van der Waals surface area contributed by atoms with Crippen molar-refractivity contribution in [3.05, 3.63) is 82.1 Å². The third kappa shape index (κ3) is 4.74. The summed E-state index contributed by atoms with van der Waals surface area (Å²) in [7, 11) is 4.66. The lowest BCUT2D eigenvalue weighted by Crippen LogP contribution is -2.33. The highest BCUT2D eigenvalue weighted by Crippen LogP contribution is 2.45. The predicted molar refractivity (Wildman–Crippen MR) is 141 cm³/mol. The Kier molecular flexibility index (Phi) is 7.06. The summed E-state index contributed by atoms with van der Waals surface area (Å²) < 4.78 is 28.8. The van der Waals surface area contributed by atoms with Crippen molar-refractivity contribution >= 4 is 11.9 Å². The van der Waals surface area contributed by atoms with Crippen LogP contribution in [0.5, 0.6) is 28.7 Å². The van der Waals surface area contributed by atoms with Crippen molar-refractivity contribution in [1.82, 2.24) is 4.90 Å². The van der Waals surface area contributed by atoms with E-state index in [9.17, 15) is 4.79 Å². The number of allylic oxidation sites excluding steroid dienone is 1. The number of methoxy groups -OCH3 is 3. The van der Waals surface area contributed by atoms with E-state index in [1.807, 2.05) is 25.1 Å². The van der Waals surface area contributed by atoms with Gasteiger partial charge in [0, 0.05) is 18.7 Å². The van der Waals surface area contributed by atoms with Gasteiger partial charge in [-0.05, 0) is 55.2 Å². The number of ketones is 1. The molecule has 5 rings (SSSR count). The summed E-state index contributed by atoms with van der Waals surface area (Å²) in [6, 6.07) is 16.0. The molecule has 0 saturated heterocycles. The van der Waals surface area contributed by atoms with E-state index in [1.54, 1.807) is 33.5 Å². The summed E-state index contributed by atoms with van der Waals surface area (Å²) in [5, 5.41) is 0. The van der Waals surface area contributed by atoms with Crippen molar-refractivity contribution in [2.24, 2.45) is 0 Å². The van der Waals surface area contributed by atoms with Gasteiger partial charge in [-0.2, -0.15) is 0 Å². The van der Waals surface area contributed by atoms with Crippen LogP contribution in [0.25, 0.3) is 6.08 Å². The summed E-state index contributed by atoms with van der Waals surface area (Å²) in [5.41, 5.74) is 4.30. The molecule has 0 N–H and O–H groups in total. The van der Waals surface area contributed by atoms with E-state index >= 15 is 0 Å². The van der Waals surface area contributed by atoms with Crippen LogP contribution in [0.4, 0.5) is 0 Å². The van der Waals surface area contributed by atoms with E-state index in [4.69, 9.17) is 23.7 Å². The molecule has 7 heteroatoms. The van der Waals surface area contributed by atoms with E-state index in [2.05, 4.69) is 29.2 Å². The molecule has 0 spiro atoms. The molecule has 0 amide bonds. The molecule has 2 aliphatic rings. The second-order valence-corrected chi connectivity index (χ2v) is 9.15.